The Morgan fingerprint density at radius 1 is 0.222 bits per heavy atom. The smallest absolute Gasteiger partial charge is 0.0543 e. The van der Waals surface area contributed by atoms with Gasteiger partial charge in [-0.25, -0.2) is 0 Å². The lowest BCUT2D eigenvalue weighted by Crippen LogP contribution is -2.22. The van der Waals surface area contributed by atoms with Crippen LogP contribution in [0.2, 0.25) is 0 Å². The molecular formula is C88H62N2. The minimum absolute atomic E-state index is 0.384. The van der Waals surface area contributed by atoms with E-state index >= 15 is 0 Å². The zero-order chi connectivity index (χ0) is 59.9. The molecule has 0 heterocycles. The lowest BCUT2D eigenvalue weighted by Gasteiger charge is -2.32. The molecule has 0 bridgehead atoms. The monoisotopic (exact) mass is 1150 g/mol. The van der Waals surface area contributed by atoms with E-state index in [-0.39, 0.29) is 5.41 Å². The summed E-state index contributed by atoms with van der Waals surface area (Å²) in [4.78, 5) is 5.08. The van der Waals surface area contributed by atoms with Crippen molar-refractivity contribution in [2.24, 2.45) is 0 Å². The van der Waals surface area contributed by atoms with Crippen molar-refractivity contribution in [3.05, 3.63) is 373 Å². The van der Waals surface area contributed by atoms with Gasteiger partial charge in [0.1, 0.15) is 0 Å². The number of fused-ring (bicyclic) bond motifs is 9. The highest BCUT2D eigenvalue weighted by Crippen LogP contribution is 2.60. The normalized spacial score (nSPS) is 15.3. The van der Waals surface area contributed by atoms with Crippen molar-refractivity contribution < 1.29 is 0 Å². The molecule has 17 rings (SSSR count). The van der Waals surface area contributed by atoms with Crippen LogP contribution in [0.5, 0.6) is 0 Å². The van der Waals surface area contributed by atoms with Gasteiger partial charge in [-0.15, -0.1) is 0 Å². The summed E-state index contributed by atoms with van der Waals surface area (Å²) in [6.45, 7) is 4.86. The molecule has 2 heteroatoms. The zero-order valence-corrected chi connectivity index (χ0v) is 50.2. The van der Waals surface area contributed by atoms with Crippen molar-refractivity contribution in [1.82, 2.24) is 0 Å². The van der Waals surface area contributed by atoms with Crippen molar-refractivity contribution in [2.45, 2.75) is 24.7 Å². The summed E-state index contributed by atoms with van der Waals surface area (Å²) in [7, 11) is 0. The third kappa shape index (κ3) is 8.25. The molecule has 2 nitrogen and oxygen atoms in total. The molecule has 0 fully saturated rings. The van der Waals surface area contributed by atoms with Crippen molar-refractivity contribution >= 4 is 66.4 Å². The Hall–Kier alpha value is -11.3. The first-order valence-corrected chi connectivity index (χ1v) is 31.4. The van der Waals surface area contributed by atoms with Crippen LogP contribution in [0.15, 0.2) is 340 Å². The molecule has 424 valence electrons. The molecular weight excluding hydrogens is 1080 g/mol. The van der Waals surface area contributed by atoms with Gasteiger partial charge in [0, 0.05) is 44.0 Å². The Balaban J connectivity index is 0.855. The molecule has 90 heavy (non-hydrogen) atoms. The van der Waals surface area contributed by atoms with Gasteiger partial charge in [0.05, 0.1) is 28.4 Å². The standard InChI is InChI=1S/C88H62N2/c1-87(66-33-8-4-9-34-66)76-42-20-18-41-74(76)85-77(87)43-25-49-84(85)90(82-45-21-19-40-73(82)72-39-17-16-37-69(72)60-27-6-3-7-28-60)81-47-23-32-65-56-63(51-54-71(65)81)64-52-55-75-79(58-64)88(2,67-35-10-5-11-36-67)78-44-24-48-83(86(75)78)89(68-53-50-59-26-12-13-30-62(59)57-68)80-46-22-31-61-29-14-15-38-70(61)80/h3-58H,1-2H3. The van der Waals surface area contributed by atoms with Crippen LogP contribution < -0.4 is 9.80 Å². The maximum atomic E-state index is 2.57. The molecule has 0 N–H and O–H groups in total. The van der Waals surface area contributed by atoms with Gasteiger partial charge in [0.2, 0.25) is 0 Å². The van der Waals surface area contributed by atoms with Crippen LogP contribution in [0, 0.1) is 0 Å². The van der Waals surface area contributed by atoms with Gasteiger partial charge in [-0.3, -0.25) is 0 Å². The van der Waals surface area contributed by atoms with Gasteiger partial charge in [0.25, 0.3) is 0 Å². The highest BCUT2D eigenvalue weighted by Gasteiger charge is 2.45. The number of para-hydroxylation sites is 1. The average molecular weight is 1150 g/mol. The summed E-state index contributed by atoms with van der Waals surface area (Å²) in [6.07, 6.45) is 0. The van der Waals surface area contributed by atoms with E-state index in [1.54, 1.807) is 0 Å². The maximum Gasteiger partial charge on any atom is 0.0543 e. The van der Waals surface area contributed by atoms with Crippen molar-refractivity contribution in [2.75, 3.05) is 9.80 Å². The lowest BCUT2D eigenvalue weighted by atomic mass is 9.74. The first-order chi connectivity index (χ1) is 44.4. The fourth-order valence-corrected chi connectivity index (χ4v) is 15.4. The predicted molar refractivity (Wildman–Crippen MR) is 380 cm³/mol. The predicted octanol–water partition coefficient (Wildman–Crippen LogP) is 23.8. The second-order valence-electron chi connectivity index (χ2n) is 24.5. The largest absolute Gasteiger partial charge is 0.309 e. The van der Waals surface area contributed by atoms with Crippen LogP contribution in [0.1, 0.15) is 47.2 Å². The van der Waals surface area contributed by atoms with Gasteiger partial charge in [0.15, 0.2) is 0 Å². The van der Waals surface area contributed by atoms with E-state index in [0.717, 1.165) is 50.5 Å². The van der Waals surface area contributed by atoms with Crippen LogP contribution in [-0.4, -0.2) is 0 Å². The van der Waals surface area contributed by atoms with E-state index in [0.29, 0.717) is 0 Å². The number of nitrogens with zero attached hydrogens (tertiary/aromatic N) is 2. The highest BCUT2D eigenvalue weighted by molar-refractivity contribution is 6.08. The third-order valence-corrected chi connectivity index (χ3v) is 19.8. The molecule has 0 saturated heterocycles. The number of rotatable bonds is 11. The average Bonchev–Trinajstić information content (AvgIpc) is 1.55. The summed E-state index contributed by atoms with van der Waals surface area (Å²) >= 11 is 0. The fourth-order valence-electron chi connectivity index (χ4n) is 15.4. The second-order valence-corrected chi connectivity index (χ2v) is 24.5. The first kappa shape index (κ1) is 53.0. The van der Waals surface area contributed by atoms with Gasteiger partial charge < -0.3 is 9.80 Å². The van der Waals surface area contributed by atoms with Crippen LogP contribution in [-0.2, 0) is 10.8 Å². The summed E-state index contributed by atoms with van der Waals surface area (Å²) < 4.78 is 0. The molecule has 0 spiro atoms. The molecule has 0 saturated carbocycles. The molecule has 15 aromatic rings. The van der Waals surface area contributed by atoms with E-state index in [1.165, 1.54) is 105 Å². The van der Waals surface area contributed by atoms with Crippen LogP contribution in [0.4, 0.5) is 34.1 Å². The molecule has 2 aliphatic rings. The first-order valence-electron chi connectivity index (χ1n) is 31.4. The number of hydrogen-bond acceptors (Lipinski definition) is 2. The van der Waals surface area contributed by atoms with Crippen molar-refractivity contribution in [3.8, 4) is 55.6 Å². The van der Waals surface area contributed by atoms with Crippen LogP contribution in [0.3, 0.4) is 0 Å². The number of hydrogen-bond donors (Lipinski definition) is 0. The second kappa shape index (κ2) is 21.2. The quantitative estimate of drug-likeness (QED) is 0.127. The van der Waals surface area contributed by atoms with E-state index < -0.39 is 5.41 Å². The Morgan fingerprint density at radius 3 is 1.40 bits per heavy atom. The minimum atomic E-state index is -0.478. The van der Waals surface area contributed by atoms with E-state index in [1.807, 2.05) is 0 Å². The molecule has 2 aliphatic carbocycles. The topological polar surface area (TPSA) is 6.48 Å². The highest BCUT2D eigenvalue weighted by atomic mass is 15.2. The number of anilines is 6. The molecule has 0 amide bonds. The van der Waals surface area contributed by atoms with E-state index in [2.05, 4.69) is 363 Å². The fraction of sp³-hybridized carbons (Fsp3) is 0.0455. The summed E-state index contributed by atoms with van der Waals surface area (Å²) in [5, 5.41) is 7.16. The number of benzene rings is 15. The summed E-state index contributed by atoms with van der Waals surface area (Å²) in [6, 6.07) is 126. The third-order valence-electron chi connectivity index (χ3n) is 19.8. The Morgan fingerprint density at radius 2 is 0.678 bits per heavy atom. The maximum absolute atomic E-state index is 2.57. The van der Waals surface area contributed by atoms with Gasteiger partial charge >= 0.3 is 0 Å². The minimum Gasteiger partial charge on any atom is -0.309 e. The van der Waals surface area contributed by atoms with E-state index in [9.17, 15) is 0 Å². The van der Waals surface area contributed by atoms with Crippen molar-refractivity contribution in [3.63, 3.8) is 0 Å². The van der Waals surface area contributed by atoms with Gasteiger partial charge in [-0.05, 0) is 162 Å². The summed E-state index contributed by atoms with van der Waals surface area (Å²) in [5.74, 6) is 0. The molecule has 0 aromatic heterocycles. The van der Waals surface area contributed by atoms with Gasteiger partial charge in [-0.2, -0.15) is 0 Å². The Kier molecular flexibility index (Phi) is 12.5. The SMILES string of the molecule is CC1(c2ccccc2)c2cc(-c3ccc4c(N(c5ccccc5-c5ccccc5-c5ccccc5)c5cccc6c5-c5ccccc5C6(C)c5ccccc5)cccc4c3)ccc2-c2c(N(c3ccc4ccccc4c3)c3cccc4ccccc34)cccc21. The lowest BCUT2D eigenvalue weighted by molar-refractivity contribution is 0.714. The van der Waals surface area contributed by atoms with Crippen LogP contribution >= 0.6 is 0 Å². The molecule has 0 aliphatic heterocycles. The molecule has 0 radical (unpaired) electrons. The van der Waals surface area contributed by atoms with E-state index in [4.69, 9.17) is 0 Å². The zero-order valence-electron chi connectivity index (χ0n) is 50.2. The van der Waals surface area contributed by atoms with Crippen LogP contribution in [0.25, 0.3) is 88.0 Å². The molecule has 2 unspecified atom stereocenters. The van der Waals surface area contributed by atoms with Gasteiger partial charge in [-0.1, -0.05) is 285 Å². The Labute approximate surface area is 526 Å². The molecule has 2 atom stereocenters. The van der Waals surface area contributed by atoms with Crippen molar-refractivity contribution in [1.29, 1.82) is 0 Å². The Bertz CT molecular complexity index is 5290. The summed E-state index contributed by atoms with van der Waals surface area (Å²) in [5.41, 5.74) is 25.7. The molecule has 15 aromatic carbocycles.